The third-order valence-corrected chi connectivity index (χ3v) is 2.47. The lowest BCUT2D eigenvalue weighted by Gasteiger charge is -2.22. The lowest BCUT2D eigenvalue weighted by atomic mass is 9.96. The van der Waals surface area contributed by atoms with Crippen LogP contribution in [-0.2, 0) is 17.6 Å². The minimum absolute atomic E-state index is 0.364. The van der Waals surface area contributed by atoms with Gasteiger partial charge in [0.2, 0.25) is 0 Å². The van der Waals surface area contributed by atoms with Crippen molar-refractivity contribution in [2.45, 2.75) is 32.3 Å². The Morgan fingerprint density at radius 1 is 1.20 bits per heavy atom. The van der Waals surface area contributed by atoms with Crippen LogP contribution in [0.4, 0.5) is 0 Å². The fraction of sp³-hybridized carbons (Fsp3) is 0.538. The monoisotopic (exact) mass is 208 g/mol. The Kier molecular flexibility index (Phi) is 4.30. The van der Waals surface area contributed by atoms with E-state index in [4.69, 9.17) is 4.74 Å². The Bertz CT molecular complexity index is 288. The highest BCUT2D eigenvalue weighted by Crippen LogP contribution is 2.14. The summed E-state index contributed by atoms with van der Waals surface area (Å²) in [6.07, 6.45) is 1.68. The topological polar surface area (TPSA) is 29.5 Å². The van der Waals surface area contributed by atoms with Crippen LogP contribution in [0.15, 0.2) is 24.3 Å². The summed E-state index contributed by atoms with van der Waals surface area (Å²) in [6.45, 7) is 4.29. The van der Waals surface area contributed by atoms with Gasteiger partial charge in [-0.1, -0.05) is 31.2 Å². The highest BCUT2D eigenvalue weighted by atomic mass is 16.5. The van der Waals surface area contributed by atoms with E-state index >= 15 is 0 Å². The zero-order valence-electron chi connectivity index (χ0n) is 9.79. The van der Waals surface area contributed by atoms with Gasteiger partial charge in [0, 0.05) is 13.5 Å². The Balaban J connectivity index is 2.64. The number of ether oxygens (including phenoxy) is 1. The van der Waals surface area contributed by atoms with E-state index in [1.54, 1.807) is 14.0 Å². The predicted octanol–water partition coefficient (Wildman–Crippen LogP) is 2.19. The molecular weight excluding hydrogens is 188 g/mol. The van der Waals surface area contributed by atoms with Gasteiger partial charge in [0.15, 0.2) is 0 Å². The highest BCUT2D eigenvalue weighted by molar-refractivity contribution is 5.23. The molecule has 0 aliphatic heterocycles. The van der Waals surface area contributed by atoms with Crippen LogP contribution in [0.1, 0.15) is 25.0 Å². The van der Waals surface area contributed by atoms with Crippen LogP contribution in [-0.4, -0.2) is 24.4 Å². The zero-order valence-corrected chi connectivity index (χ0v) is 9.79. The Morgan fingerprint density at radius 3 is 2.20 bits per heavy atom. The molecule has 1 unspecified atom stereocenters. The van der Waals surface area contributed by atoms with Crippen LogP contribution in [0.25, 0.3) is 0 Å². The molecule has 0 aromatic heterocycles. The minimum Gasteiger partial charge on any atom is -0.387 e. The molecule has 0 amide bonds. The number of aryl methyl sites for hydroxylation is 1. The molecule has 15 heavy (non-hydrogen) atoms. The van der Waals surface area contributed by atoms with Crippen molar-refractivity contribution in [3.63, 3.8) is 0 Å². The molecule has 0 saturated carbocycles. The maximum Gasteiger partial charge on any atom is 0.0892 e. The summed E-state index contributed by atoms with van der Waals surface area (Å²) in [7, 11) is 1.61. The first kappa shape index (κ1) is 12.2. The van der Waals surface area contributed by atoms with Gasteiger partial charge in [0.1, 0.15) is 0 Å². The van der Waals surface area contributed by atoms with Crippen LogP contribution >= 0.6 is 0 Å². The van der Waals surface area contributed by atoms with Crippen molar-refractivity contribution >= 4 is 0 Å². The van der Waals surface area contributed by atoms with Crippen molar-refractivity contribution in [1.82, 2.24) is 0 Å². The summed E-state index contributed by atoms with van der Waals surface area (Å²) in [5.41, 5.74) is 1.70. The van der Waals surface area contributed by atoms with Gasteiger partial charge in [-0.15, -0.1) is 0 Å². The van der Waals surface area contributed by atoms with Gasteiger partial charge in [-0.25, -0.2) is 0 Å². The second kappa shape index (κ2) is 5.29. The first-order valence-corrected chi connectivity index (χ1v) is 5.36. The van der Waals surface area contributed by atoms with E-state index in [0.29, 0.717) is 13.0 Å². The Hall–Kier alpha value is -0.860. The number of benzene rings is 1. The van der Waals surface area contributed by atoms with Crippen LogP contribution < -0.4 is 0 Å². The third-order valence-electron chi connectivity index (χ3n) is 2.47. The summed E-state index contributed by atoms with van der Waals surface area (Å²) < 4.78 is 4.97. The third kappa shape index (κ3) is 4.02. The van der Waals surface area contributed by atoms with Crippen LogP contribution in [0.2, 0.25) is 0 Å². The maximum atomic E-state index is 9.97. The molecule has 1 aromatic carbocycles. The van der Waals surface area contributed by atoms with Crippen molar-refractivity contribution in [3.05, 3.63) is 35.4 Å². The van der Waals surface area contributed by atoms with Gasteiger partial charge >= 0.3 is 0 Å². The molecule has 1 atom stereocenters. The minimum atomic E-state index is -0.775. The molecule has 84 valence electrons. The van der Waals surface area contributed by atoms with E-state index in [1.807, 2.05) is 0 Å². The van der Waals surface area contributed by atoms with Crippen molar-refractivity contribution < 1.29 is 9.84 Å². The molecular formula is C13H20O2. The van der Waals surface area contributed by atoms with E-state index in [-0.39, 0.29) is 0 Å². The molecule has 0 spiro atoms. The summed E-state index contributed by atoms with van der Waals surface area (Å²) in [4.78, 5) is 0. The largest absolute Gasteiger partial charge is 0.387 e. The molecule has 1 N–H and O–H groups in total. The Morgan fingerprint density at radius 2 is 1.73 bits per heavy atom. The van der Waals surface area contributed by atoms with Gasteiger partial charge in [0.25, 0.3) is 0 Å². The molecule has 0 aliphatic rings. The molecule has 0 aliphatic carbocycles. The molecule has 0 bridgehead atoms. The molecule has 1 aromatic rings. The summed E-state index contributed by atoms with van der Waals surface area (Å²) in [5, 5.41) is 9.97. The van der Waals surface area contributed by atoms with Gasteiger partial charge in [-0.2, -0.15) is 0 Å². The number of hydrogen-bond donors (Lipinski definition) is 1. The van der Waals surface area contributed by atoms with Gasteiger partial charge in [0.05, 0.1) is 12.2 Å². The number of hydrogen-bond acceptors (Lipinski definition) is 2. The normalized spacial score (nSPS) is 14.9. The standard InChI is InChI=1S/C13H20O2/c1-4-11-5-7-12(8-6-11)9-13(2,14)10-15-3/h5-8,14H,4,9-10H2,1-3H3. The number of rotatable bonds is 5. The summed E-state index contributed by atoms with van der Waals surface area (Å²) >= 11 is 0. The molecule has 0 saturated heterocycles. The fourth-order valence-electron chi connectivity index (χ4n) is 1.69. The fourth-order valence-corrected chi connectivity index (χ4v) is 1.69. The van der Waals surface area contributed by atoms with Gasteiger partial charge in [-0.3, -0.25) is 0 Å². The van der Waals surface area contributed by atoms with E-state index in [2.05, 4.69) is 31.2 Å². The van der Waals surface area contributed by atoms with Gasteiger partial charge < -0.3 is 9.84 Å². The van der Waals surface area contributed by atoms with Crippen molar-refractivity contribution in [3.8, 4) is 0 Å². The highest BCUT2D eigenvalue weighted by Gasteiger charge is 2.20. The average molecular weight is 208 g/mol. The average Bonchev–Trinajstić information content (AvgIpc) is 2.18. The second-order valence-electron chi connectivity index (χ2n) is 4.28. The molecule has 1 rings (SSSR count). The number of aliphatic hydroxyl groups is 1. The lowest BCUT2D eigenvalue weighted by molar-refractivity contribution is -0.0161. The quantitative estimate of drug-likeness (QED) is 0.803. The van der Waals surface area contributed by atoms with Crippen LogP contribution in [0.3, 0.4) is 0 Å². The SMILES string of the molecule is CCc1ccc(CC(C)(O)COC)cc1. The van der Waals surface area contributed by atoms with Gasteiger partial charge in [-0.05, 0) is 24.5 Å². The zero-order chi connectivity index (χ0) is 11.3. The molecule has 2 heteroatoms. The molecule has 0 heterocycles. The molecule has 0 radical (unpaired) electrons. The lowest BCUT2D eigenvalue weighted by Crippen LogP contribution is -2.32. The first-order chi connectivity index (χ1) is 7.07. The Labute approximate surface area is 91.9 Å². The smallest absolute Gasteiger partial charge is 0.0892 e. The van der Waals surface area contributed by atoms with Crippen molar-refractivity contribution in [2.75, 3.05) is 13.7 Å². The summed E-state index contributed by atoms with van der Waals surface area (Å²) in [6, 6.07) is 8.36. The first-order valence-electron chi connectivity index (χ1n) is 5.36. The second-order valence-corrected chi connectivity index (χ2v) is 4.28. The van der Waals surface area contributed by atoms with Crippen LogP contribution in [0.5, 0.6) is 0 Å². The van der Waals surface area contributed by atoms with Crippen molar-refractivity contribution in [1.29, 1.82) is 0 Å². The molecule has 2 nitrogen and oxygen atoms in total. The maximum absolute atomic E-state index is 9.97. The predicted molar refractivity (Wildman–Crippen MR) is 62.0 cm³/mol. The van der Waals surface area contributed by atoms with E-state index < -0.39 is 5.60 Å². The van der Waals surface area contributed by atoms with E-state index in [9.17, 15) is 5.11 Å². The number of methoxy groups -OCH3 is 1. The van der Waals surface area contributed by atoms with Crippen molar-refractivity contribution in [2.24, 2.45) is 0 Å². The molecule has 0 fully saturated rings. The van der Waals surface area contributed by atoms with E-state index in [1.165, 1.54) is 5.56 Å². The van der Waals surface area contributed by atoms with E-state index in [0.717, 1.165) is 12.0 Å². The van der Waals surface area contributed by atoms with Crippen LogP contribution in [0, 0.1) is 0 Å². The summed E-state index contributed by atoms with van der Waals surface area (Å²) in [5.74, 6) is 0.